The second kappa shape index (κ2) is 8.01. The minimum atomic E-state index is -0.326. The van der Waals surface area contributed by atoms with Gasteiger partial charge in [0.1, 0.15) is 11.3 Å². The van der Waals surface area contributed by atoms with E-state index < -0.39 is 0 Å². The van der Waals surface area contributed by atoms with Crippen molar-refractivity contribution in [2.45, 2.75) is 27.7 Å². The minimum Gasteiger partial charge on any atom is -0.438 e. The first-order valence-corrected chi connectivity index (χ1v) is 9.69. The van der Waals surface area contributed by atoms with Crippen LogP contribution in [0.3, 0.4) is 0 Å². The molecule has 5 nitrogen and oxygen atoms in total. The van der Waals surface area contributed by atoms with Crippen molar-refractivity contribution in [2.24, 2.45) is 7.05 Å². The Bertz CT molecular complexity index is 1150. The van der Waals surface area contributed by atoms with Crippen LogP contribution in [0.5, 0.6) is 11.6 Å². The summed E-state index contributed by atoms with van der Waals surface area (Å²) in [5.74, 6) is 0.146. The topological polar surface area (TPSA) is 61.2 Å². The zero-order chi connectivity index (χ0) is 21.5. The summed E-state index contributed by atoms with van der Waals surface area (Å²) < 4.78 is 7.54. The van der Waals surface area contributed by atoms with Crippen molar-refractivity contribution in [2.75, 3.05) is 0 Å². The first kappa shape index (κ1) is 21.1. The Morgan fingerprint density at radius 1 is 1.03 bits per heavy atom. The number of ketones is 2. The van der Waals surface area contributed by atoms with Crippen LogP contribution in [0.25, 0.3) is 0 Å². The first-order chi connectivity index (χ1) is 13.6. The number of hydrogen-bond acceptors (Lipinski definition) is 4. The summed E-state index contributed by atoms with van der Waals surface area (Å²) >= 11 is 12.5. The molecule has 0 fully saturated rings. The minimum absolute atomic E-state index is 0.136. The van der Waals surface area contributed by atoms with Gasteiger partial charge in [0.25, 0.3) is 0 Å². The molecule has 7 heteroatoms. The number of nitrogens with zero attached hydrogens (tertiary/aromatic N) is 2. The van der Waals surface area contributed by atoms with Crippen LogP contribution in [0.15, 0.2) is 30.3 Å². The third kappa shape index (κ3) is 3.93. The van der Waals surface area contributed by atoms with E-state index in [0.717, 1.165) is 5.56 Å². The van der Waals surface area contributed by atoms with Gasteiger partial charge in [-0.2, -0.15) is 5.10 Å². The lowest BCUT2D eigenvalue weighted by Gasteiger charge is -2.13. The molecule has 0 spiro atoms. The lowest BCUT2D eigenvalue weighted by atomic mass is 10.0. The van der Waals surface area contributed by atoms with Crippen molar-refractivity contribution in [3.63, 3.8) is 0 Å². The standard InChI is InChI=1S/C22H20Cl2N2O3/c1-11-6-7-15(14(4)27)18(10-11)29-22-19(13(3)25-26(22)5)21(28)16-8-9-17(23)12(2)20(16)24/h6-10H,1-5H3. The summed E-state index contributed by atoms with van der Waals surface area (Å²) in [7, 11) is 1.68. The molecule has 3 rings (SSSR count). The Kier molecular flexibility index (Phi) is 5.82. The summed E-state index contributed by atoms with van der Waals surface area (Å²) in [5, 5.41) is 5.11. The Hall–Kier alpha value is -2.63. The summed E-state index contributed by atoms with van der Waals surface area (Å²) in [6.07, 6.45) is 0. The number of halogens is 2. The summed E-state index contributed by atoms with van der Waals surface area (Å²) in [5.41, 5.74) is 3.06. The molecule has 0 aliphatic rings. The van der Waals surface area contributed by atoms with Crippen molar-refractivity contribution in [1.82, 2.24) is 9.78 Å². The number of hydrogen-bond donors (Lipinski definition) is 0. The molecule has 0 amide bonds. The fourth-order valence-corrected chi connectivity index (χ4v) is 3.55. The summed E-state index contributed by atoms with van der Waals surface area (Å²) in [6, 6.07) is 8.52. The lowest BCUT2D eigenvalue weighted by Crippen LogP contribution is -2.07. The van der Waals surface area contributed by atoms with E-state index in [1.807, 2.05) is 13.0 Å². The van der Waals surface area contributed by atoms with Gasteiger partial charge in [-0.3, -0.25) is 9.59 Å². The molecule has 150 valence electrons. The number of rotatable bonds is 5. The molecule has 29 heavy (non-hydrogen) atoms. The Morgan fingerprint density at radius 2 is 1.69 bits per heavy atom. The molecule has 3 aromatic rings. The van der Waals surface area contributed by atoms with Gasteiger partial charge in [-0.25, -0.2) is 4.68 Å². The molecule has 0 saturated carbocycles. The van der Waals surface area contributed by atoms with Gasteiger partial charge in [0.05, 0.1) is 16.3 Å². The monoisotopic (exact) mass is 430 g/mol. The molecule has 0 N–H and O–H groups in total. The molecule has 0 saturated heterocycles. The molecule has 1 heterocycles. The molecular weight excluding hydrogens is 411 g/mol. The van der Waals surface area contributed by atoms with E-state index in [1.165, 1.54) is 11.6 Å². The van der Waals surface area contributed by atoms with Gasteiger partial charge in [-0.05, 0) is 63.1 Å². The van der Waals surface area contributed by atoms with Crippen molar-refractivity contribution >= 4 is 34.8 Å². The van der Waals surface area contributed by atoms with E-state index in [9.17, 15) is 9.59 Å². The first-order valence-electron chi connectivity index (χ1n) is 8.94. The van der Waals surface area contributed by atoms with Gasteiger partial charge in [-0.15, -0.1) is 0 Å². The predicted molar refractivity (Wildman–Crippen MR) is 114 cm³/mol. The second-order valence-electron chi connectivity index (χ2n) is 6.91. The second-order valence-corrected chi connectivity index (χ2v) is 7.70. The fourth-order valence-electron chi connectivity index (χ4n) is 3.10. The summed E-state index contributed by atoms with van der Waals surface area (Å²) in [4.78, 5) is 25.3. The highest BCUT2D eigenvalue weighted by Gasteiger charge is 2.26. The van der Waals surface area contributed by atoms with Crippen LogP contribution in [0.2, 0.25) is 10.0 Å². The zero-order valence-corrected chi connectivity index (χ0v) is 18.3. The molecule has 2 aromatic carbocycles. The largest absolute Gasteiger partial charge is 0.438 e. The van der Waals surface area contributed by atoms with Crippen molar-refractivity contribution in [1.29, 1.82) is 0 Å². The molecule has 0 atom stereocenters. The van der Waals surface area contributed by atoms with Crippen LogP contribution in [-0.2, 0) is 7.05 Å². The van der Waals surface area contributed by atoms with E-state index in [4.69, 9.17) is 27.9 Å². The van der Waals surface area contributed by atoms with E-state index in [1.54, 1.807) is 45.2 Å². The van der Waals surface area contributed by atoms with Crippen LogP contribution in [0, 0.1) is 20.8 Å². The van der Waals surface area contributed by atoms with E-state index in [0.29, 0.717) is 33.2 Å². The SMILES string of the molecule is CC(=O)c1ccc(C)cc1Oc1c(C(=O)c2ccc(Cl)c(C)c2Cl)c(C)nn1C. The van der Waals surface area contributed by atoms with Gasteiger partial charge < -0.3 is 4.74 Å². The maximum Gasteiger partial charge on any atom is 0.229 e. The third-order valence-corrected chi connectivity index (χ3v) is 5.58. The predicted octanol–water partition coefficient (Wildman–Crippen LogP) is 5.88. The maximum absolute atomic E-state index is 13.3. The third-order valence-electron chi connectivity index (χ3n) is 4.68. The van der Waals surface area contributed by atoms with E-state index in [2.05, 4.69) is 5.10 Å². The molecule has 1 aromatic heterocycles. The Balaban J connectivity index is 2.14. The van der Waals surface area contributed by atoms with Crippen molar-refractivity contribution in [3.05, 3.63) is 73.9 Å². The Morgan fingerprint density at radius 3 is 2.34 bits per heavy atom. The fraction of sp³-hybridized carbons (Fsp3) is 0.227. The number of carbonyl (C=O) groups is 2. The molecule has 0 aliphatic carbocycles. The van der Waals surface area contributed by atoms with Gasteiger partial charge in [0.15, 0.2) is 5.78 Å². The van der Waals surface area contributed by atoms with Gasteiger partial charge in [0, 0.05) is 17.6 Å². The molecular formula is C22H20Cl2N2O3. The molecule has 0 bridgehead atoms. The Labute approximate surface area is 179 Å². The summed E-state index contributed by atoms with van der Waals surface area (Å²) in [6.45, 7) is 6.84. The smallest absolute Gasteiger partial charge is 0.229 e. The number of benzene rings is 2. The number of aryl methyl sites for hydroxylation is 3. The molecule has 0 aliphatic heterocycles. The quantitative estimate of drug-likeness (QED) is 0.474. The zero-order valence-electron chi connectivity index (χ0n) is 16.8. The van der Waals surface area contributed by atoms with Crippen LogP contribution >= 0.6 is 23.2 Å². The van der Waals surface area contributed by atoms with Crippen molar-refractivity contribution in [3.8, 4) is 11.6 Å². The highest BCUT2D eigenvalue weighted by molar-refractivity contribution is 6.38. The van der Waals surface area contributed by atoms with Gasteiger partial charge in [0.2, 0.25) is 11.7 Å². The van der Waals surface area contributed by atoms with Crippen LogP contribution in [0.1, 0.15) is 50.0 Å². The number of ether oxygens (including phenoxy) is 1. The highest BCUT2D eigenvalue weighted by Crippen LogP contribution is 2.35. The number of carbonyl (C=O) groups excluding carboxylic acids is 2. The lowest BCUT2D eigenvalue weighted by molar-refractivity contribution is 0.101. The molecule has 0 radical (unpaired) electrons. The average molecular weight is 431 g/mol. The van der Waals surface area contributed by atoms with Gasteiger partial charge in [-0.1, -0.05) is 29.3 Å². The van der Waals surface area contributed by atoms with Crippen LogP contribution < -0.4 is 4.74 Å². The number of Topliss-reactive ketones (excluding diaryl/α,β-unsaturated/α-hetero) is 1. The van der Waals surface area contributed by atoms with Crippen molar-refractivity contribution < 1.29 is 14.3 Å². The highest BCUT2D eigenvalue weighted by atomic mass is 35.5. The van der Waals surface area contributed by atoms with Crippen LogP contribution in [0.4, 0.5) is 0 Å². The van der Waals surface area contributed by atoms with Gasteiger partial charge >= 0.3 is 0 Å². The average Bonchev–Trinajstić information content (AvgIpc) is 2.92. The van der Waals surface area contributed by atoms with E-state index >= 15 is 0 Å². The number of aromatic nitrogens is 2. The van der Waals surface area contributed by atoms with E-state index in [-0.39, 0.29) is 28.0 Å². The normalized spacial score (nSPS) is 10.9. The maximum atomic E-state index is 13.3. The molecule has 0 unspecified atom stereocenters. The van der Waals surface area contributed by atoms with Crippen LogP contribution in [-0.4, -0.2) is 21.3 Å².